The third-order valence-corrected chi connectivity index (χ3v) is 2.64. The van der Waals surface area contributed by atoms with Gasteiger partial charge in [0, 0.05) is 13.1 Å². The number of carbonyl (C=O) groups excluding carboxylic acids is 1. The first kappa shape index (κ1) is 13.8. The number of nitrogens with one attached hydrogen (secondary N) is 2. The van der Waals surface area contributed by atoms with E-state index in [-0.39, 0.29) is 16.9 Å². The van der Waals surface area contributed by atoms with Gasteiger partial charge in [0.05, 0.1) is 11.3 Å². The van der Waals surface area contributed by atoms with Gasteiger partial charge in [-0.3, -0.25) is 4.79 Å². The Kier molecular flexibility index (Phi) is 4.13. The van der Waals surface area contributed by atoms with Crippen molar-refractivity contribution in [3.8, 4) is 6.07 Å². The number of anilines is 2. The van der Waals surface area contributed by atoms with E-state index in [1.54, 1.807) is 31.3 Å². The fourth-order valence-electron chi connectivity index (χ4n) is 1.60. The predicted octanol–water partition coefficient (Wildman–Crippen LogP) is 2.10. The van der Waals surface area contributed by atoms with E-state index in [1.807, 2.05) is 6.07 Å². The maximum Gasteiger partial charge on any atom is 0.253 e. The van der Waals surface area contributed by atoms with Crippen molar-refractivity contribution in [3.63, 3.8) is 0 Å². The van der Waals surface area contributed by atoms with Gasteiger partial charge in [0.25, 0.3) is 5.91 Å². The van der Waals surface area contributed by atoms with E-state index in [0.29, 0.717) is 17.1 Å². The van der Waals surface area contributed by atoms with E-state index in [4.69, 9.17) is 16.9 Å². The first-order valence-corrected chi connectivity index (χ1v) is 6.04. The normalized spacial score (nSPS) is 9.65. The van der Waals surface area contributed by atoms with Gasteiger partial charge < -0.3 is 10.6 Å². The van der Waals surface area contributed by atoms with Crippen molar-refractivity contribution in [2.24, 2.45) is 0 Å². The molecule has 1 amide bonds. The summed E-state index contributed by atoms with van der Waals surface area (Å²) in [5.41, 5.74) is 1.17. The fourth-order valence-corrected chi connectivity index (χ4v) is 1.78. The fraction of sp³-hybridized carbons (Fsp3) is 0.0769. The molecule has 0 aliphatic rings. The maximum absolute atomic E-state index is 11.8. The molecule has 0 saturated heterocycles. The van der Waals surface area contributed by atoms with E-state index in [0.717, 1.165) is 0 Å². The van der Waals surface area contributed by atoms with Crippen molar-refractivity contribution in [2.75, 3.05) is 12.4 Å². The first-order valence-electron chi connectivity index (χ1n) is 5.67. The number of carbonyl (C=O) groups is 1. The van der Waals surface area contributed by atoms with Gasteiger partial charge in [-0.05, 0) is 23.7 Å². The summed E-state index contributed by atoms with van der Waals surface area (Å²) in [5, 5.41) is 14.3. The van der Waals surface area contributed by atoms with Crippen molar-refractivity contribution in [1.82, 2.24) is 15.3 Å². The molecule has 6 nitrogen and oxygen atoms in total. The molecule has 1 aromatic carbocycles. The summed E-state index contributed by atoms with van der Waals surface area (Å²) in [4.78, 5) is 19.5. The molecule has 0 fully saturated rings. The van der Waals surface area contributed by atoms with Gasteiger partial charge >= 0.3 is 0 Å². The number of para-hydroxylation sites is 1. The molecule has 0 bridgehead atoms. The molecule has 0 aliphatic carbocycles. The summed E-state index contributed by atoms with van der Waals surface area (Å²) in [5.74, 6) is 0.117. The molecule has 0 spiro atoms. The Balaban J connectivity index is 2.38. The molecule has 0 saturated carbocycles. The molecule has 2 N–H and O–H groups in total. The third kappa shape index (κ3) is 3.02. The molecule has 1 heterocycles. The van der Waals surface area contributed by atoms with Crippen LogP contribution in [-0.2, 0) is 0 Å². The van der Waals surface area contributed by atoms with E-state index >= 15 is 0 Å². The van der Waals surface area contributed by atoms with Crippen LogP contribution in [0.1, 0.15) is 16.1 Å². The van der Waals surface area contributed by atoms with Gasteiger partial charge in [-0.15, -0.1) is 0 Å². The predicted molar refractivity (Wildman–Crippen MR) is 74.9 cm³/mol. The number of hydrogen-bond acceptors (Lipinski definition) is 5. The standard InChI is InChI=1S/C13H10ClN5O/c1-16-12(20)9-4-2-3-5-10(9)18-11-6-8(7-15)17-13(14)19-11/h2-6H,1H3,(H,16,20)(H,17,18,19). The average Bonchev–Trinajstić information content (AvgIpc) is 2.46. The number of nitrogens with zero attached hydrogens (tertiary/aromatic N) is 3. The molecule has 0 aliphatic heterocycles. The third-order valence-electron chi connectivity index (χ3n) is 2.47. The smallest absolute Gasteiger partial charge is 0.253 e. The Hall–Kier alpha value is -2.65. The van der Waals surface area contributed by atoms with Crippen molar-refractivity contribution in [2.45, 2.75) is 0 Å². The Labute approximate surface area is 120 Å². The van der Waals surface area contributed by atoms with E-state index in [1.165, 1.54) is 6.07 Å². The monoisotopic (exact) mass is 287 g/mol. The molecule has 7 heteroatoms. The SMILES string of the molecule is CNC(=O)c1ccccc1Nc1cc(C#N)nc(Cl)n1. The van der Waals surface area contributed by atoms with Crippen LogP contribution in [0.15, 0.2) is 30.3 Å². The van der Waals surface area contributed by atoms with Crippen LogP contribution in [0.3, 0.4) is 0 Å². The molecule has 2 aromatic rings. The zero-order chi connectivity index (χ0) is 14.5. The second-order valence-electron chi connectivity index (χ2n) is 3.77. The Bertz CT molecular complexity index is 695. The highest BCUT2D eigenvalue weighted by atomic mass is 35.5. The van der Waals surface area contributed by atoms with Gasteiger partial charge in [-0.1, -0.05) is 12.1 Å². The Morgan fingerprint density at radius 3 is 2.80 bits per heavy atom. The summed E-state index contributed by atoms with van der Waals surface area (Å²) in [7, 11) is 1.55. The van der Waals surface area contributed by atoms with Crippen LogP contribution in [0, 0.1) is 11.3 Å². The molecule has 0 atom stereocenters. The molecule has 100 valence electrons. The number of amides is 1. The maximum atomic E-state index is 11.8. The Morgan fingerprint density at radius 2 is 2.10 bits per heavy atom. The lowest BCUT2D eigenvalue weighted by Crippen LogP contribution is -2.19. The number of hydrogen-bond donors (Lipinski definition) is 2. The van der Waals surface area contributed by atoms with Gasteiger partial charge in [0.15, 0.2) is 0 Å². The number of rotatable bonds is 3. The van der Waals surface area contributed by atoms with Crippen LogP contribution < -0.4 is 10.6 Å². The van der Waals surface area contributed by atoms with Crippen molar-refractivity contribution in [1.29, 1.82) is 5.26 Å². The van der Waals surface area contributed by atoms with E-state index < -0.39 is 0 Å². The molecular weight excluding hydrogens is 278 g/mol. The molecule has 2 rings (SSSR count). The summed E-state index contributed by atoms with van der Waals surface area (Å²) in [6, 6.07) is 10.3. The zero-order valence-corrected chi connectivity index (χ0v) is 11.3. The minimum absolute atomic E-state index is 0.0380. The highest BCUT2D eigenvalue weighted by Crippen LogP contribution is 2.20. The number of nitriles is 1. The lowest BCUT2D eigenvalue weighted by Gasteiger charge is -2.10. The van der Waals surface area contributed by atoms with Crippen molar-refractivity contribution in [3.05, 3.63) is 46.9 Å². The van der Waals surface area contributed by atoms with Crippen LogP contribution in [0.2, 0.25) is 5.28 Å². The average molecular weight is 288 g/mol. The summed E-state index contributed by atoms with van der Waals surface area (Å²) < 4.78 is 0. The molecule has 1 aromatic heterocycles. The summed E-state index contributed by atoms with van der Waals surface area (Å²) >= 11 is 5.73. The highest BCUT2D eigenvalue weighted by molar-refractivity contribution is 6.28. The van der Waals surface area contributed by atoms with Crippen molar-refractivity contribution < 1.29 is 4.79 Å². The minimum Gasteiger partial charge on any atom is -0.355 e. The quantitative estimate of drug-likeness (QED) is 0.844. The zero-order valence-electron chi connectivity index (χ0n) is 10.5. The summed E-state index contributed by atoms with van der Waals surface area (Å²) in [6.07, 6.45) is 0. The van der Waals surface area contributed by atoms with Crippen LogP contribution in [0.4, 0.5) is 11.5 Å². The number of halogens is 1. The topological polar surface area (TPSA) is 90.7 Å². The largest absolute Gasteiger partial charge is 0.355 e. The second-order valence-corrected chi connectivity index (χ2v) is 4.11. The molecule has 0 unspecified atom stereocenters. The van der Waals surface area contributed by atoms with Gasteiger partial charge in [-0.2, -0.15) is 5.26 Å². The van der Waals surface area contributed by atoms with Crippen LogP contribution in [0.5, 0.6) is 0 Å². The van der Waals surface area contributed by atoms with Gasteiger partial charge in [0.2, 0.25) is 5.28 Å². The van der Waals surface area contributed by atoms with Gasteiger partial charge in [0.1, 0.15) is 17.6 Å². The second kappa shape index (κ2) is 5.99. The molecule has 0 radical (unpaired) electrons. The van der Waals surface area contributed by atoms with Crippen LogP contribution in [0.25, 0.3) is 0 Å². The number of benzene rings is 1. The highest BCUT2D eigenvalue weighted by Gasteiger charge is 2.10. The molecular formula is C13H10ClN5O. The molecule has 20 heavy (non-hydrogen) atoms. The first-order chi connectivity index (χ1) is 9.63. The number of aromatic nitrogens is 2. The summed E-state index contributed by atoms with van der Waals surface area (Å²) in [6.45, 7) is 0. The lowest BCUT2D eigenvalue weighted by atomic mass is 10.1. The minimum atomic E-state index is -0.228. The lowest BCUT2D eigenvalue weighted by molar-refractivity contribution is 0.0964. The van der Waals surface area contributed by atoms with Gasteiger partial charge in [-0.25, -0.2) is 9.97 Å². The van der Waals surface area contributed by atoms with Crippen LogP contribution >= 0.6 is 11.6 Å². The van der Waals surface area contributed by atoms with Crippen LogP contribution in [-0.4, -0.2) is 22.9 Å². The van der Waals surface area contributed by atoms with E-state index in [2.05, 4.69) is 20.6 Å². The Morgan fingerprint density at radius 1 is 1.35 bits per heavy atom. The van der Waals surface area contributed by atoms with E-state index in [9.17, 15) is 4.79 Å². The van der Waals surface area contributed by atoms with Crippen molar-refractivity contribution >= 4 is 29.0 Å².